The van der Waals surface area contributed by atoms with Crippen LogP contribution in [0.3, 0.4) is 0 Å². The molecular weight excluding hydrogens is 352 g/mol. The summed E-state index contributed by atoms with van der Waals surface area (Å²) in [5.41, 5.74) is 1.36. The molecule has 0 heterocycles. The lowest BCUT2D eigenvalue weighted by molar-refractivity contribution is 0.101. The van der Waals surface area contributed by atoms with E-state index < -0.39 is 10.8 Å². The third-order valence-electron chi connectivity index (χ3n) is 3.03. The molecule has 0 saturated carbocycles. The second kappa shape index (κ2) is 7.00. The van der Waals surface area contributed by atoms with Crippen molar-refractivity contribution < 1.29 is 13.7 Å². The number of methoxy groups -OCH3 is 1. The van der Waals surface area contributed by atoms with E-state index in [1.54, 1.807) is 25.3 Å². The quantitative estimate of drug-likeness (QED) is 0.752. The van der Waals surface area contributed by atoms with Gasteiger partial charge in [-0.15, -0.1) is 0 Å². The first-order chi connectivity index (χ1) is 10.0. The first-order valence-corrected chi connectivity index (χ1v) is 8.44. The molecule has 2 rings (SSSR count). The molecule has 1 atom stereocenters. The van der Waals surface area contributed by atoms with Crippen molar-refractivity contribution in [3.05, 3.63) is 58.1 Å². The Morgan fingerprint density at radius 3 is 2.62 bits per heavy atom. The molecule has 110 valence electrons. The summed E-state index contributed by atoms with van der Waals surface area (Å²) in [6.45, 7) is 1.51. The number of benzene rings is 2. The summed E-state index contributed by atoms with van der Waals surface area (Å²) in [5, 5.41) is 0. The second-order valence-electron chi connectivity index (χ2n) is 4.53. The van der Waals surface area contributed by atoms with Gasteiger partial charge in [0.1, 0.15) is 5.75 Å². The summed E-state index contributed by atoms with van der Waals surface area (Å²) >= 11 is 3.37. The van der Waals surface area contributed by atoms with Crippen LogP contribution in [0.4, 0.5) is 0 Å². The van der Waals surface area contributed by atoms with Gasteiger partial charge in [-0.25, -0.2) is 0 Å². The Balaban J connectivity index is 2.31. The smallest absolute Gasteiger partial charge is 0.159 e. The zero-order valence-corrected chi connectivity index (χ0v) is 14.2. The molecule has 0 aliphatic rings. The van der Waals surface area contributed by atoms with Crippen LogP contribution in [-0.2, 0) is 16.6 Å². The minimum absolute atomic E-state index is 0.0212. The highest BCUT2D eigenvalue weighted by Crippen LogP contribution is 2.24. The number of hydrogen-bond donors (Lipinski definition) is 0. The number of ether oxygens (including phenoxy) is 1. The minimum Gasteiger partial charge on any atom is -0.496 e. The molecule has 0 amide bonds. The van der Waals surface area contributed by atoms with Crippen molar-refractivity contribution in [1.82, 2.24) is 0 Å². The van der Waals surface area contributed by atoms with Gasteiger partial charge in [-0.2, -0.15) is 0 Å². The van der Waals surface area contributed by atoms with Crippen LogP contribution in [0.2, 0.25) is 0 Å². The zero-order chi connectivity index (χ0) is 15.4. The molecule has 0 aliphatic heterocycles. The maximum absolute atomic E-state index is 12.5. The van der Waals surface area contributed by atoms with Gasteiger partial charge in [0.25, 0.3) is 0 Å². The fourth-order valence-corrected chi connectivity index (χ4v) is 3.66. The van der Waals surface area contributed by atoms with Crippen LogP contribution in [0.25, 0.3) is 0 Å². The molecule has 0 aliphatic carbocycles. The summed E-state index contributed by atoms with van der Waals surface area (Å²) in [7, 11) is 0.364. The molecule has 2 aromatic rings. The summed E-state index contributed by atoms with van der Waals surface area (Å²) in [6.07, 6.45) is 0. The Hall–Kier alpha value is -1.46. The summed E-state index contributed by atoms with van der Waals surface area (Å²) in [6, 6.07) is 12.6. The topological polar surface area (TPSA) is 43.4 Å². The van der Waals surface area contributed by atoms with Crippen LogP contribution in [0.1, 0.15) is 22.8 Å². The monoisotopic (exact) mass is 366 g/mol. The predicted octanol–water partition coefficient (Wildman–Crippen LogP) is 3.97. The largest absolute Gasteiger partial charge is 0.496 e. The number of halogens is 1. The summed E-state index contributed by atoms with van der Waals surface area (Å²) in [4.78, 5) is 12.2. The average Bonchev–Trinajstić information content (AvgIpc) is 2.47. The molecule has 2 aromatic carbocycles. The highest BCUT2D eigenvalue weighted by molar-refractivity contribution is 9.10. The molecule has 5 heteroatoms. The molecule has 21 heavy (non-hydrogen) atoms. The number of rotatable bonds is 5. The van der Waals surface area contributed by atoms with Crippen molar-refractivity contribution >= 4 is 32.5 Å². The molecule has 0 N–H and O–H groups in total. The Morgan fingerprint density at radius 1 is 1.24 bits per heavy atom. The normalized spacial score (nSPS) is 12.0. The molecule has 0 spiro atoms. The Morgan fingerprint density at radius 2 is 2.00 bits per heavy atom. The third-order valence-corrected chi connectivity index (χ3v) is 4.88. The van der Waals surface area contributed by atoms with Crippen LogP contribution in [0.5, 0.6) is 5.75 Å². The van der Waals surface area contributed by atoms with Crippen LogP contribution < -0.4 is 4.74 Å². The number of carbonyl (C=O) groups is 1. The lowest BCUT2D eigenvalue weighted by Gasteiger charge is -2.10. The van der Waals surface area contributed by atoms with Crippen molar-refractivity contribution in [3.8, 4) is 5.75 Å². The number of carbonyl (C=O) groups excluding carboxylic acids is 1. The van der Waals surface area contributed by atoms with Crippen molar-refractivity contribution in [2.24, 2.45) is 0 Å². The lowest BCUT2D eigenvalue weighted by atomic mass is 10.1. The van der Waals surface area contributed by atoms with Gasteiger partial charge in [0.15, 0.2) is 5.78 Å². The molecule has 1 unspecified atom stereocenters. The third kappa shape index (κ3) is 4.02. The van der Waals surface area contributed by atoms with E-state index in [4.69, 9.17) is 4.74 Å². The molecule has 0 saturated heterocycles. The fourth-order valence-electron chi connectivity index (χ4n) is 1.94. The van der Waals surface area contributed by atoms with Crippen molar-refractivity contribution in [3.63, 3.8) is 0 Å². The van der Waals surface area contributed by atoms with Crippen LogP contribution in [-0.4, -0.2) is 17.1 Å². The van der Waals surface area contributed by atoms with Crippen molar-refractivity contribution in [1.29, 1.82) is 0 Å². The van der Waals surface area contributed by atoms with E-state index in [1.165, 1.54) is 6.92 Å². The zero-order valence-electron chi connectivity index (χ0n) is 11.8. The van der Waals surface area contributed by atoms with E-state index in [0.29, 0.717) is 17.1 Å². The standard InChI is InChI=1S/C16H15BrO3S/c1-11(18)12-6-7-16(20-2)13(8-12)10-21(19)15-5-3-4-14(17)9-15/h3-9H,10H2,1-2H3. The highest BCUT2D eigenvalue weighted by atomic mass is 79.9. The first kappa shape index (κ1) is 15.9. The van der Waals surface area contributed by atoms with Gasteiger partial charge < -0.3 is 4.74 Å². The van der Waals surface area contributed by atoms with Crippen LogP contribution in [0, 0.1) is 0 Å². The Bertz CT molecular complexity index is 698. The van der Waals surface area contributed by atoms with Crippen LogP contribution in [0.15, 0.2) is 51.8 Å². The summed E-state index contributed by atoms with van der Waals surface area (Å²) < 4.78 is 18.6. The van der Waals surface area contributed by atoms with Gasteiger partial charge in [0, 0.05) is 20.5 Å². The molecular formula is C16H15BrO3S. The van der Waals surface area contributed by atoms with Gasteiger partial charge in [0.2, 0.25) is 0 Å². The maximum Gasteiger partial charge on any atom is 0.159 e. The molecule has 0 fully saturated rings. The van der Waals surface area contributed by atoms with E-state index in [9.17, 15) is 9.00 Å². The molecule has 0 bridgehead atoms. The fraction of sp³-hybridized carbons (Fsp3) is 0.188. The first-order valence-electron chi connectivity index (χ1n) is 6.33. The molecule has 0 aromatic heterocycles. The van der Waals surface area contributed by atoms with Gasteiger partial charge >= 0.3 is 0 Å². The van der Waals surface area contributed by atoms with E-state index >= 15 is 0 Å². The number of Topliss-reactive ketones (excluding diaryl/α,β-unsaturated/α-hetero) is 1. The highest BCUT2D eigenvalue weighted by Gasteiger charge is 2.12. The van der Waals surface area contributed by atoms with Crippen molar-refractivity contribution in [2.45, 2.75) is 17.6 Å². The number of ketones is 1. The van der Waals surface area contributed by atoms with E-state index in [2.05, 4.69) is 15.9 Å². The Labute approximate surface area is 134 Å². The molecule has 0 radical (unpaired) electrons. The minimum atomic E-state index is -1.20. The lowest BCUT2D eigenvalue weighted by Crippen LogP contribution is -2.02. The second-order valence-corrected chi connectivity index (χ2v) is 6.90. The molecule has 3 nitrogen and oxygen atoms in total. The Kier molecular flexibility index (Phi) is 5.31. The van der Waals surface area contributed by atoms with E-state index in [-0.39, 0.29) is 5.78 Å². The van der Waals surface area contributed by atoms with E-state index in [0.717, 1.165) is 14.9 Å². The predicted molar refractivity (Wildman–Crippen MR) is 87.3 cm³/mol. The maximum atomic E-state index is 12.5. The van der Waals surface area contributed by atoms with Gasteiger partial charge in [0.05, 0.1) is 23.7 Å². The van der Waals surface area contributed by atoms with Gasteiger partial charge in [-0.05, 0) is 43.3 Å². The SMILES string of the molecule is COc1ccc(C(C)=O)cc1CS(=O)c1cccc(Br)c1. The summed E-state index contributed by atoms with van der Waals surface area (Å²) in [5.74, 6) is 0.927. The average molecular weight is 367 g/mol. The van der Waals surface area contributed by atoms with Crippen molar-refractivity contribution in [2.75, 3.05) is 7.11 Å². The number of hydrogen-bond acceptors (Lipinski definition) is 3. The van der Waals surface area contributed by atoms with E-state index in [1.807, 2.05) is 24.3 Å². The van der Waals surface area contributed by atoms with Gasteiger partial charge in [-0.3, -0.25) is 9.00 Å². The van der Waals surface area contributed by atoms with Gasteiger partial charge in [-0.1, -0.05) is 22.0 Å². The van der Waals surface area contributed by atoms with Crippen LogP contribution >= 0.6 is 15.9 Å².